The van der Waals surface area contributed by atoms with Gasteiger partial charge in [-0.15, -0.1) is 0 Å². The molecule has 0 spiro atoms. The molecule has 10 nitrogen and oxygen atoms in total. The number of imide groups is 1. The Morgan fingerprint density at radius 1 is 0.875 bits per heavy atom. The summed E-state index contributed by atoms with van der Waals surface area (Å²) in [6.45, 7) is 5.04. The zero-order chi connectivity index (χ0) is 28.1. The lowest BCUT2D eigenvalue weighted by molar-refractivity contribution is -0.141. The summed E-state index contributed by atoms with van der Waals surface area (Å²) in [5, 5.41) is 2.33. The van der Waals surface area contributed by atoms with Crippen molar-refractivity contribution >= 4 is 29.4 Å². The highest BCUT2D eigenvalue weighted by Gasteiger charge is 2.32. The second-order valence-electron chi connectivity index (χ2n) is 11.6. The van der Waals surface area contributed by atoms with Gasteiger partial charge in [-0.1, -0.05) is 19.3 Å². The zero-order valence-electron chi connectivity index (χ0n) is 23.6. The van der Waals surface area contributed by atoms with Gasteiger partial charge in [0.1, 0.15) is 5.75 Å². The fourth-order valence-corrected chi connectivity index (χ4v) is 6.38. The van der Waals surface area contributed by atoms with E-state index in [1.54, 1.807) is 18.2 Å². The Labute approximate surface area is 236 Å². The van der Waals surface area contributed by atoms with E-state index in [1.807, 2.05) is 11.8 Å². The number of likely N-dealkylation sites (tertiary alicyclic amines) is 2. The lowest BCUT2D eigenvalue weighted by Gasteiger charge is -2.38. The maximum absolute atomic E-state index is 12.8. The minimum absolute atomic E-state index is 0.0451. The molecule has 0 aromatic heterocycles. The maximum Gasteiger partial charge on any atom is 0.328 e. The Morgan fingerprint density at radius 2 is 1.52 bits per heavy atom. The second kappa shape index (κ2) is 13.0. The summed E-state index contributed by atoms with van der Waals surface area (Å²) in [7, 11) is 0. The highest BCUT2D eigenvalue weighted by molar-refractivity contribution is 6.05. The molecule has 1 saturated carbocycles. The van der Waals surface area contributed by atoms with Crippen LogP contribution in [0.4, 0.5) is 10.5 Å². The molecule has 10 heteroatoms. The number of ether oxygens (including phenoxy) is 2. The predicted molar refractivity (Wildman–Crippen MR) is 149 cm³/mol. The monoisotopic (exact) mass is 554 g/mol. The van der Waals surface area contributed by atoms with Gasteiger partial charge in [-0.05, 0) is 69.2 Å². The molecule has 4 aliphatic rings. The molecule has 3 saturated heterocycles. The van der Waals surface area contributed by atoms with Gasteiger partial charge in [0.25, 0.3) is 5.91 Å². The summed E-state index contributed by atoms with van der Waals surface area (Å²) >= 11 is 0. The van der Waals surface area contributed by atoms with Gasteiger partial charge in [0.2, 0.25) is 11.8 Å². The van der Waals surface area contributed by atoms with Crippen molar-refractivity contribution in [1.82, 2.24) is 15.1 Å². The smallest absolute Gasteiger partial charge is 0.328 e. The normalized spacial score (nSPS) is 21.9. The van der Waals surface area contributed by atoms with Crippen LogP contribution in [0, 0.1) is 12.8 Å². The highest BCUT2D eigenvalue weighted by Crippen LogP contribution is 2.29. The van der Waals surface area contributed by atoms with Crippen molar-refractivity contribution in [1.29, 1.82) is 0 Å². The average molecular weight is 555 g/mol. The molecule has 3 heterocycles. The van der Waals surface area contributed by atoms with Gasteiger partial charge >= 0.3 is 6.03 Å². The van der Waals surface area contributed by atoms with E-state index in [-0.39, 0.29) is 43.0 Å². The van der Waals surface area contributed by atoms with Crippen LogP contribution in [0.15, 0.2) is 18.2 Å². The third-order valence-electron chi connectivity index (χ3n) is 8.76. The van der Waals surface area contributed by atoms with Crippen molar-refractivity contribution in [2.75, 3.05) is 44.2 Å². The lowest BCUT2D eigenvalue weighted by atomic mass is 9.88. The van der Waals surface area contributed by atoms with E-state index in [2.05, 4.69) is 10.2 Å². The summed E-state index contributed by atoms with van der Waals surface area (Å²) in [5.41, 5.74) is 1.55. The van der Waals surface area contributed by atoms with Crippen molar-refractivity contribution in [2.45, 2.75) is 83.3 Å². The van der Waals surface area contributed by atoms with Gasteiger partial charge in [-0.3, -0.25) is 24.6 Å². The number of urea groups is 1. The molecule has 0 atom stereocenters. The summed E-state index contributed by atoms with van der Waals surface area (Å²) < 4.78 is 12.2. The van der Waals surface area contributed by atoms with Crippen molar-refractivity contribution in [3.63, 3.8) is 0 Å². The number of carbonyl (C=O) groups excluding carboxylic acids is 4. The van der Waals surface area contributed by atoms with Crippen molar-refractivity contribution in [3.8, 4) is 5.75 Å². The molecule has 4 fully saturated rings. The van der Waals surface area contributed by atoms with E-state index in [0.717, 1.165) is 57.2 Å². The first kappa shape index (κ1) is 28.4. The lowest BCUT2D eigenvalue weighted by Crippen LogP contribution is -2.49. The van der Waals surface area contributed by atoms with Crippen LogP contribution < -0.4 is 15.0 Å². The number of rotatable bonds is 7. The zero-order valence-corrected chi connectivity index (χ0v) is 23.6. The van der Waals surface area contributed by atoms with E-state index in [4.69, 9.17) is 9.47 Å². The molecule has 40 heavy (non-hydrogen) atoms. The number of hydrogen-bond acceptors (Lipinski definition) is 6. The van der Waals surface area contributed by atoms with E-state index < -0.39 is 6.03 Å². The molecule has 5 rings (SSSR count). The van der Waals surface area contributed by atoms with Gasteiger partial charge in [0.05, 0.1) is 12.2 Å². The minimum atomic E-state index is -0.425. The summed E-state index contributed by atoms with van der Waals surface area (Å²) in [6.07, 6.45) is 9.72. The Kier molecular flexibility index (Phi) is 9.24. The van der Waals surface area contributed by atoms with Gasteiger partial charge in [-0.25, -0.2) is 4.79 Å². The van der Waals surface area contributed by atoms with Gasteiger partial charge < -0.3 is 19.3 Å². The summed E-state index contributed by atoms with van der Waals surface area (Å²) in [6, 6.07) is 4.91. The summed E-state index contributed by atoms with van der Waals surface area (Å²) in [5.74, 6) is 0.830. The van der Waals surface area contributed by atoms with E-state index in [1.165, 1.54) is 24.2 Å². The maximum atomic E-state index is 12.8. The molecular formula is C30H42N4O6. The average Bonchev–Trinajstić information content (AvgIpc) is 2.97. The van der Waals surface area contributed by atoms with E-state index in [9.17, 15) is 19.2 Å². The minimum Gasteiger partial charge on any atom is -0.484 e. The Bertz CT molecular complexity index is 1090. The second-order valence-corrected chi connectivity index (χ2v) is 11.6. The molecule has 1 aromatic carbocycles. The molecular weight excluding hydrogens is 512 g/mol. The predicted octanol–water partition coefficient (Wildman–Crippen LogP) is 3.40. The molecule has 0 unspecified atom stereocenters. The largest absolute Gasteiger partial charge is 0.484 e. The number of anilines is 1. The highest BCUT2D eigenvalue weighted by atomic mass is 16.5. The molecule has 218 valence electrons. The van der Waals surface area contributed by atoms with Crippen LogP contribution in [0.1, 0.15) is 69.8 Å². The van der Waals surface area contributed by atoms with Crippen LogP contribution in [-0.4, -0.2) is 85.1 Å². The molecule has 1 aliphatic carbocycles. The number of nitrogens with zero attached hydrogens (tertiary/aromatic N) is 3. The third-order valence-corrected chi connectivity index (χ3v) is 8.76. The first-order valence-electron chi connectivity index (χ1n) is 14.9. The Balaban J connectivity index is 1.01. The SMILES string of the molecule is Cc1cc(OCC(=O)N2CCC(OC3CCN(C(=O)C4CCCCC4)CC3)CC2)ccc1N1CCC(=O)NC1=O. The van der Waals surface area contributed by atoms with Crippen LogP contribution in [-0.2, 0) is 19.1 Å². The Morgan fingerprint density at radius 3 is 2.15 bits per heavy atom. The van der Waals surface area contributed by atoms with Crippen molar-refractivity contribution in [3.05, 3.63) is 23.8 Å². The molecule has 5 amide bonds. The van der Waals surface area contributed by atoms with Crippen LogP contribution >= 0.6 is 0 Å². The number of carbonyl (C=O) groups is 4. The molecule has 1 N–H and O–H groups in total. The molecule has 1 aromatic rings. The topological polar surface area (TPSA) is 108 Å². The van der Waals surface area contributed by atoms with Gasteiger partial charge in [0.15, 0.2) is 6.61 Å². The van der Waals surface area contributed by atoms with Crippen molar-refractivity contribution < 1.29 is 28.7 Å². The number of amides is 5. The fraction of sp³-hybridized carbons (Fsp3) is 0.667. The Hall–Kier alpha value is -3.14. The third kappa shape index (κ3) is 6.95. The molecule has 3 aliphatic heterocycles. The standard InChI is InChI=1S/C30H42N4O6/c1-21-19-25(7-8-26(21)34-18-13-27(35)31-30(34)38)39-20-28(36)32-14-9-23(10-15-32)40-24-11-16-33(17-12-24)29(37)22-5-3-2-4-6-22/h7-8,19,22-24H,2-6,9-18,20H2,1H3,(H,31,35,38). The van der Waals surface area contributed by atoms with Crippen LogP contribution in [0.3, 0.4) is 0 Å². The first-order chi connectivity index (χ1) is 19.4. The molecule has 0 bridgehead atoms. The number of nitrogens with one attached hydrogen (secondary N) is 1. The van der Waals surface area contributed by atoms with Crippen LogP contribution in [0.2, 0.25) is 0 Å². The number of hydrogen-bond donors (Lipinski definition) is 1. The number of benzene rings is 1. The van der Waals surface area contributed by atoms with Crippen LogP contribution in [0.5, 0.6) is 5.75 Å². The van der Waals surface area contributed by atoms with Crippen LogP contribution in [0.25, 0.3) is 0 Å². The fourth-order valence-electron chi connectivity index (χ4n) is 6.38. The quantitative estimate of drug-likeness (QED) is 0.554. The number of piperidine rings is 2. The summed E-state index contributed by atoms with van der Waals surface area (Å²) in [4.78, 5) is 54.6. The number of aryl methyl sites for hydroxylation is 1. The van der Waals surface area contributed by atoms with Gasteiger partial charge in [-0.2, -0.15) is 0 Å². The van der Waals surface area contributed by atoms with Gasteiger partial charge in [0, 0.05) is 50.7 Å². The van der Waals surface area contributed by atoms with E-state index in [0.29, 0.717) is 37.0 Å². The van der Waals surface area contributed by atoms with E-state index >= 15 is 0 Å². The first-order valence-corrected chi connectivity index (χ1v) is 14.9. The molecule has 0 radical (unpaired) electrons. The van der Waals surface area contributed by atoms with Crippen molar-refractivity contribution in [2.24, 2.45) is 5.92 Å².